The summed E-state index contributed by atoms with van der Waals surface area (Å²) in [4.78, 5) is 0. The largest absolute Gasteiger partial charge is 0.381 e. The third kappa shape index (κ3) is 2.17. The van der Waals surface area contributed by atoms with E-state index in [1.54, 1.807) is 0 Å². The van der Waals surface area contributed by atoms with Crippen molar-refractivity contribution >= 4 is 0 Å². The molecule has 90 valence electrons. The number of hydrogen-bond donors (Lipinski definition) is 0. The summed E-state index contributed by atoms with van der Waals surface area (Å²) >= 11 is 0. The van der Waals surface area contributed by atoms with Crippen molar-refractivity contribution in [1.29, 1.82) is 0 Å². The van der Waals surface area contributed by atoms with E-state index >= 15 is 0 Å². The van der Waals surface area contributed by atoms with Gasteiger partial charge in [0.1, 0.15) is 0 Å². The fraction of sp³-hybridized carbons (Fsp3) is 1.00. The van der Waals surface area contributed by atoms with Gasteiger partial charge in [0.25, 0.3) is 0 Å². The normalized spacial score (nSPS) is 33.0. The Hall–Kier alpha value is -0.180. The van der Waals surface area contributed by atoms with Crippen LogP contribution in [0, 0.1) is 23.2 Å². The molecular weight excluding hydrogens is 198 g/mol. The van der Waals surface area contributed by atoms with Gasteiger partial charge in [0, 0.05) is 6.61 Å². The molecule has 0 radical (unpaired) electrons. The van der Waals surface area contributed by atoms with Gasteiger partial charge in [-0.1, -0.05) is 27.7 Å². The maximum Gasteiger partial charge on any atom is 0.246 e. The highest BCUT2D eigenvalue weighted by Gasteiger charge is 2.51. The van der Waals surface area contributed by atoms with E-state index in [0.717, 1.165) is 6.42 Å². The maximum atomic E-state index is 13.4. The summed E-state index contributed by atoms with van der Waals surface area (Å²) in [5.74, 6) is 0.335. The summed E-state index contributed by atoms with van der Waals surface area (Å²) < 4.78 is 32.0. The van der Waals surface area contributed by atoms with Gasteiger partial charge in [-0.15, -0.1) is 0 Å². The van der Waals surface area contributed by atoms with E-state index in [1.165, 1.54) is 0 Å². The van der Waals surface area contributed by atoms with Crippen LogP contribution in [0.1, 0.15) is 34.1 Å². The van der Waals surface area contributed by atoms with Crippen LogP contribution in [0.3, 0.4) is 0 Å². The van der Waals surface area contributed by atoms with Crippen LogP contribution < -0.4 is 0 Å². The molecule has 1 rings (SSSR count). The molecule has 1 aliphatic rings. The average molecular weight is 220 g/mol. The molecular formula is C12H22F2O. The lowest BCUT2D eigenvalue weighted by atomic mass is 9.62. The zero-order valence-corrected chi connectivity index (χ0v) is 10.1. The lowest BCUT2D eigenvalue weighted by Gasteiger charge is -2.48. The van der Waals surface area contributed by atoms with Gasteiger partial charge in [-0.05, 0) is 24.2 Å². The van der Waals surface area contributed by atoms with Gasteiger partial charge in [-0.2, -0.15) is 0 Å². The molecule has 0 saturated carbocycles. The molecule has 0 aromatic carbocycles. The number of hydrogen-bond acceptors (Lipinski definition) is 1. The number of ether oxygens (including phenoxy) is 1. The molecule has 0 aromatic heterocycles. The van der Waals surface area contributed by atoms with Gasteiger partial charge >= 0.3 is 0 Å². The van der Waals surface area contributed by atoms with Crippen molar-refractivity contribution in [3.8, 4) is 0 Å². The predicted molar refractivity (Wildman–Crippen MR) is 57.0 cm³/mol. The van der Waals surface area contributed by atoms with E-state index in [0.29, 0.717) is 12.5 Å². The minimum atomic E-state index is -2.29. The minimum absolute atomic E-state index is 0.0369. The second-order valence-corrected chi connectivity index (χ2v) is 5.26. The van der Waals surface area contributed by atoms with Crippen molar-refractivity contribution < 1.29 is 13.5 Å². The third-order valence-electron chi connectivity index (χ3n) is 3.90. The first-order valence-corrected chi connectivity index (χ1v) is 5.78. The monoisotopic (exact) mass is 220 g/mol. The van der Waals surface area contributed by atoms with Gasteiger partial charge in [-0.25, -0.2) is 8.78 Å². The molecule has 0 aliphatic carbocycles. The van der Waals surface area contributed by atoms with Crippen molar-refractivity contribution in [3.63, 3.8) is 0 Å². The Morgan fingerprint density at radius 3 is 2.13 bits per heavy atom. The zero-order valence-electron chi connectivity index (χ0n) is 10.1. The highest BCUT2D eigenvalue weighted by molar-refractivity contribution is 4.94. The Morgan fingerprint density at radius 1 is 1.20 bits per heavy atom. The third-order valence-corrected chi connectivity index (χ3v) is 3.90. The smallest absolute Gasteiger partial charge is 0.246 e. The molecule has 1 heterocycles. The molecule has 0 aromatic rings. The number of rotatable bonds is 3. The standard InChI is InChI=1S/C12H22F2O/c1-8(2)10-5-6-15-7-12(10,9(3)4)11(13)14/h8-11H,5-7H2,1-4H3/t10-,12-/m1/s1. The molecule has 2 atom stereocenters. The second-order valence-electron chi connectivity index (χ2n) is 5.26. The summed E-state index contributed by atoms with van der Waals surface area (Å²) in [6.45, 7) is 8.69. The Balaban J connectivity index is 2.99. The van der Waals surface area contributed by atoms with E-state index in [4.69, 9.17) is 4.74 Å². The lowest BCUT2D eigenvalue weighted by molar-refractivity contribution is -0.170. The van der Waals surface area contributed by atoms with Crippen molar-refractivity contribution in [2.75, 3.05) is 13.2 Å². The van der Waals surface area contributed by atoms with Crippen molar-refractivity contribution in [2.24, 2.45) is 23.2 Å². The van der Waals surface area contributed by atoms with Crippen LogP contribution in [0.4, 0.5) is 8.78 Å². The quantitative estimate of drug-likeness (QED) is 0.706. The van der Waals surface area contributed by atoms with Gasteiger partial charge in [0.2, 0.25) is 6.43 Å². The van der Waals surface area contributed by atoms with Gasteiger partial charge < -0.3 is 4.74 Å². The summed E-state index contributed by atoms with van der Waals surface area (Å²) in [6, 6.07) is 0. The number of alkyl halides is 2. The van der Waals surface area contributed by atoms with E-state index in [9.17, 15) is 8.78 Å². The summed E-state index contributed by atoms with van der Waals surface area (Å²) in [7, 11) is 0. The molecule has 15 heavy (non-hydrogen) atoms. The van der Waals surface area contributed by atoms with E-state index < -0.39 is 11.8 Å². The Labute approximate surface area is 91.2 Å². The van der Waals surface area contributed by atoms with Gasteiger partial charge in [0.05, 0.1) is 12.0 Å². The molecule has 0 unspecified atom stereocenters. The van der Waals surface area contributed by atoms with Crippen LogP contribution in [0.2, 0.25) is 0 Å². The van der Waals surface area contributed by atoms with Crippen LogP contribution >= 0.6 is 0 Å². The fourth-order valence-corrected chi connectivity index (χ4v) is 2.86. The van der Waals surface area contributed by atoms with E-state index in [2.05, 4.69) is 0 Å². The van der Waals surface area contributed by atoms with Crippen molar-refractivity contribution in [1.82, 2.24) is 0 Å². The molecule has 1 saturated heterocycles. The highest BCUT2D eigenvalue weighted by atomic mass is 19.3. The van der Waals surface area contributed by atoms with Crippen LogP contribution in [0.25, 0.3) is 0 Å². The molecule has 0 amide bonds. The molecule has 3 heteroatoms. The second kappa shape index (κ2) is 4.77. The SMILES string of the molecule is CC(C)[C@H]1CCOC[C@]1(C(C)C)C(F)F. The first-order valence-electron chi connectivity index (χ1n) is 5.78. The maximum absolute atomic E-state index is 13.4. The first-order chi connectivity index (χ1) is 6.93. The molecule has 0 spiro atoms. The van der Waals surface area contributed by atoms with Crippen LogP contribution in [-0.4, -0.2) is 19.6 Å². The molecule has 0 N–H and O–H groups in total. The zero-order chi connectivity index (χ0) is 11.6. The highest BCUT2D eigenvalue weighted by Crippen LogP contribution is 2.48. The summed E-state index contributed by atoms with van der Waals surface area (Å²) in [6.07, 6.45) is -1.52. The topological polar surface area (TPSA) is 9.23 Å². The van der Waals surface area contributed by atoms with Crippen molar-refractivity contribution in [3.05, 3.63) is 0 Å². The summed E-state index contributed by atoms with van der Waals surface area (Å²) in [5.41, 5.74) is -0.938. The lowest BCUT2D eigenvalue weighted by Crippen LogP contribution is -2.51. The average Bonchev–Trinajstić information content (AvgIpc) is 2.16. The van der Waals surface area contributed by atoms with Gasteiger partial charge in [0.15, 0.2) is 0 Å². The Bertz CT molecular complexity index is 194. The minimum Gasteiger partial charge on any atom is -0.381 e. The molecule has 0 bridgehead atoms. The molecule has 1 fully saturated rings. The molecule has 1 aliphatic heterocycles. The van der Waals surface area contributed by atoms with Crippen LogP contribution in [0.15, 0.2) is 0 Å². The van der Waals surface area contributed by atoms with Gasteiger partial charge in [-0.3, -0.25) is 0 Å². The van der Waals surface area contributed by atoms with E-state index in [-0.39, 0.29) is 18.4 Å². The van der Waals surface area contributed by atoms with Crippen LogP contribution in [-0.2, 0) is 4.74 Å². The fourth-order valence-electron chi connectivity index (χ4n) is 2.86. The Kier molecular flexibility index (Phi) is 4.10. The van der Waals surface area contributed by atoms with Crippen molar-refractivity contribution in [2.45, 2.75) is 40.5 Å². The molecule has 1 nitrogen and oxygen atoms in total. The first kappa shape index (κ1) is 12.9. The predicted octanol–water partition coefficient (Wildman–Crippen LogP) is 3.59. The van der Waals surface area contributed by atoms with E-state index in [1.807, 2.05) is 27.7 Å². The number of halogens is 2. The summed E-state index contributed by atoms with van der Waals surface area (Å²) in [5, 5.41) is 0. The van der Waals surface area contributed by atoms with Crippen LogP contribution in [0.5, 0.6) is 0 Å². The Morgan fingerprint density at radius 2 is 1.80 bits per heavy atom.